The Morgan fingerprint density at radius 3 is 2.29 bits per heavy atom. The maximum atomic E-state index is 11.8. The third-order valence-electron chi connectivity index (χ3n) is 3.79. The standard InChI is InChI=1S/C16H27NO3S/c1-5-21(19,20)15-8-6-14(7-9-15)13(2)17-12-16(3,4)10-11-18/h6-9,13,17-18H,5,10-12H2,1-4H3. The summed E-state index contributed by atoms with van der Waals surface area (Å²) in [5, 5.41) is 12.5. The third kappa shape index (κ3) is 5.41. The van der Waals surface area contributed by atoms with Gasteiger partial charge in [-0.3, -0.25) is 0 Å². The molecule has 0 spiro atoms. The van der Waals surface area contributed by atoms with Crippen LogP contribution in [0.3, 0.4) is 0 Å². The summed E-state index contributed by atoms with van der Waals surface area (Å²) in [5.41, 5.74) is 1.10. The molecule has 2 N–H and O–H groups in total. The highest BCUT2D eigenvalue weighted by molar-refractivity contribution is 7.91. The largest absolute Gasteiger partial charge is 0.396 e. The van der Waals surface area contributed by atoms with Gasteiger partial charge in [0.1, 0.15) is 0 Å². The van der Waals surface area contributed by atoms with Gasteiger partial charge >= 0.3 is 0 Å². The Bertz CT molecular complexity index is 535. The van der Waals surface area contributed by atoms with Crippen molar-refractivity contribution in [2.24, 2.45) is 5.41 Å². The number of hydrogen-bond donors (Lipinski definition) is 2. The second-order valence-electron chi connectivity index (χ2n) is 6.21. The van der Waals surface area contributed by atoms with Gasteiger partial charge in [0.25, 0.3) is 0 Å². The van der Waals surface area contributed by atoms with Gasteiger partial charge in [0.15, 0.2) is 9.84 Å². The lowest BCUT2D eigenvalue weighted by molar-refractivity contribution is 0.204. The highest BCUT2D eigenvalue weighted by Gasteiger charge is 2.18. The molecule has 4 nitrogen and oxygen atoms in total. The van der Waals surface area contributed by atoms with Gasteiger partial charge in [-0.05, 0) is 36.5 Å². The van der Waals surface area contributed by atoms with Crippen molar-refractivity contribution in [2.45, 2.75) is 45.1 Å². The Kier molecular flexibility index (Phi) is 6.38. The number of rotatable bonds is 8. The van der Waals surface area contributed by atoms with E-state index in [1.54, 1.807) is 19.1 Å². The zero-order chi connectivity index (χ0) is 16.1. The number of aliphatic hydroxyl groups is 1. The van der Waals surface area contributed by atoms with Crippen LogP contribution < -0.4 is 5.32 Å². The molecule has 1 atom stereocenters. The van der Waals surface area contributed by atoms with Crippen LogP contribution in [0.15, 0.2) is 29.2 Å². The predicted octanol–water partition coefficient (Wildman–Crippen LogP) is 2.54. The molecule has 0 aliphatic heterocycles. The van der Waals surface area contributed by atoms with E-state index in [4.69, 9.17) is 5.11 Å². The van der Waals surface area contributed by atoms with E-state index in [1.807, 2.05) is 12.1 Å². The summed E-state index contributed by atoms with van der Waals surface area (Å²) in [6.45, 7) is 8.91. The fourth-order valence-corrected chi connectivity index (χ4v) is 2.95. The van der Waals surface area contributed by atoms with E-state index in [1.165, 1.54) is 0 Å². The molecule has 0 saturated heterocycles. The Hall–Kier alpha value is -0.910. The molecule has 1 rings (SSSR count). The molecule has 0 amide bonds. The second-order valence-corrected chi connectivity index (χ2v) is 8.49. The van der Waals surface area contributed by atoms with Crippen LogP contribution in [0.5, 0.6) is 0 Å². The van der Waals surface area contributed by atoms with E-state index in [0.717, 1.165) is 18.5 Å². The molecular formula is C16H27NO3S. The first-order chi connectivity index (χ1) is 9.72. The molecular weight excluding hydrogens is 286 g/mol. The molecule has 1 aromatic rings. The molecule has 21 heavy (non-hydrogen) atoms. The van der Waals surface area contributed by atoms with E-state index < -0.39 is 9.84 Å². The number of nitrogens with one attached hydrogen (secondary N) is 1. The van der Waals surface area contributed by atoms with E-state index in [0.29, 0.717) is 4.90 Å². The molecule has 0 fully saturated rings. The van der Waals surface area contributed by atoms with Gasteiger partial charge < -0.3 is 10.4 Å². The maximum Gasteiger partial charge on any atom is 0.178 e. The molecule has 0 aliphatic rings. The van der Waals surface area contributed by atoms with Gasteiger partial charge in [-0.25, -0.2) is 8.42 Å². The van der Waals surface area contributed by atoms with Crippen molar-refractivity contribution in [1.82, 2.24) is 5.32 Å². The minimum Gasteiger partial charge on any atom is -0.396 e. The van der Waals surface area contributed by atoms with Crippen molar-refractivity contribution in [2.75, 3.05) is 18.9 Å². The van der Waals surface area contributed by atoms with Gasteiger partial charge in [0.05, 0.1) is 10.6 Å². The molecule has 0 radical (unpaired) electrons. The zero-order valence-electron chi connectivity index (χ0n) is 13.4. The summed E-state index contributed by atoms with van der Waals surface area (Å²) in [5.74, 6) is 0.121. The lowest BCUT2D eigenvalue weighted by Crippen LogP contribution is -2.32. The first kappa shape index (κ1) is 18.1. The first-order valence-corrected chi connectivity index (χ1v) is 9.04. The van der Waals surface area contributed by atoms with Gasteiger partial charge in [0.2, 0.25) is 0 Å². The Labute approximate surface area is 128 Å². The maximum absolute atomic E-state index is 11.8. The van der Waals surface area contributed by atoms with Crippen LogP contribution >= 0.6 is 0 Å². The highest BCUT2D eigenvalue weighted by atomic mass is 32.2. The average molecular weight is 313 g/mol. The van der Waals surface area contributed by atoms with Crippen LogP contribution in [-0.4, -0.2) is 32.4 Å². The van der Waals surface area contributed by atoms with E-state index in [9.17, 15) is 8.42 Å². The molecule has 1 aromatic carbocycles. The van der Waals surface area contributed by atoms with E-state index in [2.05, 4.69) is 26.1 Å². The van der Waals surface area contributed by atoms with Crippen molar-refractivity contribution < 1.29 is 13.5 Å². The number of aliphatic hydroxyl groups excluding tert-OH is 1. The fourth-order valence-electron chi connectivity index (χ4n) is 2.07. The van der Waals surface area contributed by atoms with Gasteiger partial charge in [-0.2, -0.15) is 0 Å². The van der Waals surface area contributed by atoms with Gasteiger partial charge in [-0.15, -0.1) is 0 Å². The van der Waals surface area contributed by atoms with Crippen molar-refractivity contribution in [3.8, 4) is 0 Å². The Balaban J connectivity index is 2.70. The van der Waals surface area contributed by atoms with Crippen LogP contribution in [-0.2, 0) is 9.84 Å². The molecule has 5 heteroatoms. The molecule has 0 heterocycles. The van der Waals surface area contributed by atoms with Crippen molar-refractivity contribution >= 4 is 9.84 Å². The normalized spacial score (nSPS) is 14.1. The minimum absolute atomic E-state index is 0.0362. The van der Waals surface area contributed by atoms with Gasteiger partial charge in [-0.1, -0.05) is 32.9 Å². The predicted molar refractivity (Wildman–Crippen MR) is 86.1 cm³/mol. The topological polar surface area (TPSA) is 66.4 Å². The Morgan fingerprint density at radius 1 is 1.24 bits per heavy atom. The molecule has 1 unspecified atom stereocenters. The monoisotopic (exact) mass is 313 g/mol. The van der Waals surface area contributed by atoms with Crippen LogP contribution in [0.25, 0.3) is 0 Å². The lowest BCUT2D eigenvalue weighted by Gasteiger charge is -2.26. The lowest BCUT2D eigenvalue weighted by atomic mass is 9.89. The minimum atomic E-state index is -3.13. The van der Waals surface area contributed by atoms with Crippen molar-refractivity contribution in [3.63, 3.8) is 0 Å². The molecule has 0 aliphatic carbocycles. The average Bonchev–Trinajstić information content (AvgIpc) is 2.45. The summed E-state index contributed by atoms with van der Waals surface area (Å²) >= 11 is 0. The van der Waals surface area contributed by atoms with E-state index >= 15 is 0 Å². The van der Waals surface area contributed by atoms with Gasteiger partial charge in [0, 0.05) is 19.2 Å². The molecule has 0 saturated carbocycles. The van der Waals surface area contributed by atoms with Crippen molar-refractivity contribution in [3.05, 3.63) is 29.8 Å². The molecule has 0 bridgehead atoms. The zero-order valence-corrected chi connectivity index (χ0v) is 14.2. The summed E-state index contributed by atoms with van der Waals surface area (Å²) in [6, 6.07) is 7.20. The number of hydrogen-bond acceptors (Lipinski definition) is 4. The summed E-state index contributed by atoms with van der Waals surface area (Å²) in [4.78, 5) is 0.376. The van der Waals surface area contributed by atoms with Crippen LogP contribution in [0.1, 0.15) is 45.7 Å². The van der Waals surface area contributed by atoms with Crippen molar-refractivity contribution in [1.29, 1.82) is 0 Å². The smallest absolute Gasteiger partial charge is 0.178 e. The van der Waals surface area contributed by atoms with Crippen LogP contribution in [0.4, 0.5) is 0 Å². The van der Waals surface area contributed by atoms with E-state index in [-0.39, 0.29) is 23.8 Å². The van der Waals surface area contributed by atoms with Crippen LogP contribution in [0.2, 0.25) is 0 Å². The quantitative estimate of drug-likeness (QED) is 0.774. The number of sulfone groups is 1. The summed E-state index contributed by atoms with van der Waals surface area (Å²) < 4.78 is 23.5. The second kappa shape index (κ2) is 7.38. The SMILES string of the molecule is CCS(=O)(=O)c1ccc(C(C)NCC(C)(C)CCO)cc1. The molecule has 120 valence electrons. The molecule has 0 aromatic heterocycles. The fraction of sp³-hybridized carbons (Fsp3) is 0.625. The summed E-state index contributed by atoms with van der Waals surface area (Å²) in [6.07, 6.45) is 0.750. The first-order valence-electron chi connectivity index (χ1n) is 7.39. The number of benzene rings is 1. The summed E-state index contributed by atoms with van der Waals surface area (Å²) in [7, 11) is -3.13. The Morgan fingerprint density at radius 2 is 1.81 bits per heavy atom. The van der Waals surface area contributed by atoms with Crippen LogP contribution in [0, 0.1) is 5.41 Å². The third-order valence-corrected chi connectivity index (χ3v) is 5.55. The highest BCUT2D eigenvalue weighted by Crippen LogP contribution is 2.21.